The molecule has 1 amide bonds. The largest absolute Gasteiger partial charge is 0.466 e. The van der Waals surface area contributed by atoms with Crippen LogP contribution in [-0.4, -0.2) is 79.6 Å². The van der Waals surface area contributed by atoms with Crippen molar-refractivity contribution in [2.45, 2.75) is 51.2 Å². The van der Waals surface area contributed by atoms with Gasteiger partial charge in [-0.1, -0.05) is 42.5 Å². The molecule has 3 heterocycles. The van der Waals surface area contributed by atoms with Crippen LogP contribution < -0.4 is 9.80 Å². The number of hydrogen-bond donors (Lipinski definition) is 0. The summed E-state index contributed by atoms with van der Waals surface area (Å²) in [4.78, 5) is 32.3. The number of carbonyl (C=O) groups excluding carboxylic acids is 2. The topological polar surface area (TPSA) is 67.3 Å². The Balaban J connectivity index is 0.936. The van der Waals surface area contributed by atoms with Crippen LogP contribution in [0, 0.1) is 0 Å². The molecule has 0 aliphatic carbocycles. The summed E-state index contributed by atoms with van der Waals surface area (Å²) in [7, 11) is 2.09. The average molecular weight is 706 g/mol. The molecule has 1 aromatic heterocycles. The summed E-state index contributed by atoms with van der Waals surface area (Å²) in [6.07, 6.45) is 4.16. The van der Waals surface area contributed by atoms with Gasteiger partial charge < -0.3 is 28.7 Å². The number of nitrogens with zero attached hydrogens (tertiary/aromatic N) is 4. The van der Waals surface area contributed by atoms with E-state index in [1.54, 1.807) is 0 Å². The van der Waals surface area contributed by atoms with Crippen molar-refractivity contribution in [3.05, 3.63) is 95.2 Å². The zero-order chi connectivity index (χ0) is 34.2. The predicted molar refractivity (Wildman–Crippen MR) is 198 cm³/mol. The third-order valence-corrected chi connectivity index (χ3v) is 9.97. The molecule has 0 saturated heterocycles. The normalized spacial score (nSPS) is 15.2. The minimum absolute atomic E-state index is 0.101. The number of anilines is 2. The van der Waals surface area contributed by atoms with Crippen LogP contribution in [0.25, 0.3) is 10.9 Å². The van der Waals surface area contributed by atoms with Gasteiger partial charge in [0.2, 0.25) is 0 Å². The molecule has 1 unspecified atom stereocenters. The molecule has 2 aliphatic rings. The molecule has 0 bridgehead atoms. The molecule has 0 radical (unpaired) electrons. The lowest BCUT2D eigenvalue weighted by atomic mass is 9.96. The molecule has 1 atom stereocenters. The van der Waals surface area contributed by atoms with Crippen molar-refractivity contribution in [1.82, 2.24) is 9.47 Å². The second-order valence-corrected chi connectivity index (χ2v) is 13.5. The lowest BCUT2D eigenvalue weighted by molar-refractivity contribution is -0.144. The van der Waals surface area contributed by atoms with Gasteiger partial charge in [-0.15, -0.1) is 23.2 Å². The summed E-state index contributed by atoms with van der Waals surface area (Å²) in [6.45, 7) is 4.52. The van der Waals surface area contributed by atoms with Gasteiger partial charge in [0.15, 0.2) is 0 Å². The van der Waals surface area contributed by atoms with Gasteiger partial charge in [0, 0.05) is 87.6 Å². The summed E-state index contributed by atoms with van der Waals surface area (Å²) in [5.41, 5.74) is 7.79. The number of hydrogen-bond acceptors (Lipinski definition) is 6. The Morgan fingerprint density at radius 2 is 1.63 bits per heavy atom. The third kappa shape index (κ3) is 7.87. The fraction of sp³-hybridized carbons (Fsp3) is 0.436. The monoisotopic (exact) mass is 704 g/mol. The molecule has 2 aliphatic heterocycles. The van der Waals surface area contributed by atoms with Crippen LogP contribution >= 0.6 is 23.2 Å². The first kappa shape index (κ1) is 35.1. The van der Waals surface area contributed by atoms with E-state index >= 15 is 0 Å². The minimum Gasteiger partial charge on any atom is -0.466 e. The quantitative estimate of drug-likeness (QED) is 0.0647. The van der Waals surface area contributed by atoms with Crippen LogP contribution in [-0.2, 0) is 33.7 Å². The number of rotatable bonds is 17. The highest BCUT2D eigenvalue weighted by molar-refractivity contribution is 6.18. The molecule has 4 aromatic rings. The van der Waals surface area contributed by atoms with Gasteiger partial charge in [-0.05, 0) is 67.1 Å². The van der Waals surface area contributed by atoms with Crippen LogP contribution in [0.2, 0.25) is 0 Å². The lowest BCUT2D eigenvalue weighted by Gasteiger charge is -2.46. The van der Waals surface area contributed by atoms with E-state index in [0.29, 0.717) is 51.0 Å². The van der Waals surface area contributed by atoms with E-state index in [4.69, 9.17) is 32.7 Å². The smallest absolute Gasteiger partial charge is 0.305 e. The summed E-state index contributed by atoms with van der Waals surface area (Å²) in [5.74, 6) is 1.04. The first-order valence-electron chi connectivity index (χ1n) is 17.4. The Morgan fingerprint density at radius 1 is 0.898 bits per heavy atom. The number of alkyl halides is 2. The van der Waals surface area contributed by atoms with E-state index < -0.39 is 0 Å². The molecule has 10 heteroatoms. The van der Waals surface area contributed by atoms with E-state index in [2.05, 4.69) is 69.9 Å². The number of ether oxygens (including phenoxy) is 2. The third-order valence-electron chi connectivity index (χ3n) is 9.63. The molecule has 0 spiro atoms. The van der Waals surface area contributed by atoms with Crippen molar-refractivity contribution < 1.29 is 19.1 Å². The molecule has 0 N–H and O–H groups in total. The fourth-order valence-corrected chi connectivity index (χ4v) is 7.69. The number of aryl methyl sites for hydroxylation is 2. The Bertz CT molecular complexity index is 1720. The molecule has 0 fully saturated rings. The van der Waals surface area contributed by atoms with Gasteiger partial charge in [0.05, 0.1) is 23.6 Å². The molecule has 0 saturated carbocycles. The Hall–Kier alpha value is -3.72. The first-order valence-corrected chi connectivity index (χ1v) is 18.5. The van der Waals surface area contributed by atoms with E-state index in [-0.39, 0.29) is 18.0 Å². The van der Waals surface area contributed by atoms with Crippen molar-refractivity contribution in [2.24, 2.45) is 0 Å². The molecule has 260 valence electrons. The van der Waals surface area contributed by atoms with Gasteiger partial charge in [-0.3, -0.25) is 9.59 Å². The highest BCUT2D eigenvalue weighted by Gasteiger charge is 2.42. The number of para-hydroxylation sites is 2. The van der Waals surface area contributed by atoms with Gasteiger partial charge in [-0.2, -0.15) is 0 Å². The van der Waals surface area contributed by atoms with Crippen LogP contribution in [0.5, 0.6) is 0 Å². The van der Waals surface area contributed by atoms with Crippen molar-refractivity contribution in [2.75, 3.05) is 68.1 Å². The maximum absolute atomic E-state index is 13.6. The number of carbonyl (C=O) groups is 2. The molecule has 49 heavy (non-hydrogen) atoms. The number of benzene rings is 3. The van der Waals surface area contributed by atoms with E-state index in [1.165, 1.54) is 27.7 Å². The molecule has 6 rings (SSSR count). The maximum atomic E-state index is 13.6. The van der Waals surface area contributed by atoms with Crippen LogP contribution in [0.4, 0.5) is 11.4 Å². The highest BCUT2D eigenvalue weighted by atomic mass is 35.5. The zero-order valence-corrected chi connectivity index (χ0v) is 29.8. The van der Waals surface area contributed by atoms with Crippen LogP contribution in [0.3, 0.4) is 0 Å². The lowest BCUT2D eigenvalue weighted by Crippen LogP contribution is -2.51. The van der Waals surface area contributed by atoms with Gasteiger partial charge >= 0.3 is 5.97 Å². The highest BCUT2D eigenvalue weighted by Crippen LogP contribution is 2.44. The van der Waals surface area contributed by atoms with Crippen LogP contribution in [0.1, 0.15) is 59.0 Å². The zero-order valence-electron chi connectivity index (χ0n) is 28.3. The van der Waals surface area contributed by atoms with Gasteiger partial charge in [0.1, 0.15) is 6.17 Å². The number of halogens is 2. The molecule has 3 aromatic carbocycles. The summed E-state index contributed by atoms with van der Waals surface area (Å²) in [6, 6.07) is 24.9. The van der Waals surface area contributed by atoms with Gasteiger partial charge in [0.25, 0.3) is 5.91 Å². The number of fused-ring (bicyclic) bond motifs is 6. The average Bonchev–Trinajstić information content (AvgIpc) is 3.45. The number of amides is 1. The SMILES string of the molecule is CN1c2ccccc2C(=O)N2CCc3c(n(CCCOCCCOC(=O)CCCc4ccc(N(CCCl)CCCl)cc4)c4ccccc34)C21. The van der Waals surface area contributed by atoms with Gasteiger partial charge in [-0.25, -0.2) is 0 Å². The number of aromatic nitrogens is 1. The van der Waals surface area contributed by atoms with Crippen molar-refractivity contribution in [1.29, 1.82) is 0 Å². The van der Waals surface area contributed by atoms with Crippen molar-refractivity contribution in [3.8, 4) is 0 Å². The Labute approximate surface area is 299 Å². The minimum atomic E-state index is -0.167. The summed E-state index contributed by atoms with van der Waals surface area (Å²) < 4.78 is 13.8. The molecule has 8 nitrogen and oxygen atoms in total. The second kappa shape index (κ2) is 16.8. The maximum Gasteiger partial charge on any atom is 0.305 e. The fourth-order valence-electron chi connectivity index (χ4n) is 7.28. The summed E-state index contributed by atoms with van der Waals surface area (Å²) in [5, 5.41) is 1.27. The predicted octanol–water partition coefficient (Wildman–Crippen LogP) is 7.44. The molecular weight excluding hydrogens is 659 g/mol. The molecular formula is C39H46Cl2N4O4. The first-order chi connectivity index (χ1) is 24.0. The van der Waals surface area contributed by atoms with E-state index in [9.17, 15) is 9.59 Å². The Morgan fingerprint density at radius 3 is 2.43 bits per heavy atom. The number of esters is 1. The van der Waals surface area contributed by atoms with Crippen LogP contribution in [0.15, 0.2) is 72.8 Å². The second-order valence-electron chi connectivity index (χ2n) is 12.7. The Kier molecular flexibility index (Phi) is 12.0. The van der Waals surface area contributed by atoms with Crippen molar-refractivity contribution in [3.63, 3.8) is 0 Å². The van der Waals surface area contributed by atoms with E-state index in [0.717, 1.165) is 62.3 Å². The summed E-state index contributed by atoms with van der Waals surface area (Å²) >= 11 is 11.9. The van der Waals surface area contributed by atoms with E-state index in [1.807, 2.05) is 29.2 Å². The van der Waals surface area contributed by atoms with Crippen molar-refractivity contribution >= 4 is 57.4 Å². The standard InChI is InChI=1S/C39H46Cl2N4O4/c1-42-34-12-4-3-11-33(34)39(47)45-23-19-32-31-10-2-5-13-35(31)44(37(32)38(42)45)22-7-26-48-27-8-28-49-36(46)14-6-9-29-15-17-30(18-16-29)43(24-20-40)25-21-41/h2-5,10-13,15-18,38H,6-9,14,19-28H2,1H3.